The minimum atomic E-state index is -0.816. The molecule has 1 aromatic rings. The number of hydrogen-bond acceptors (Lipinski definition) is 5. The van der Waals surface area contributed by atoms with E-state index in [1.165, 1.54) is 0 Å². The first-order valence-electron chi connectivity index (χ1n) is 12.2. The van der Waals surface area contributed by atoms with Crippen molar-refractivity contribution in [2.24, 2.45) is 24.6 Å². The lowest BCUT2D eigenvalue weighted by atomic mass is 9.92. The topological polar surface area (TPSA) is 139 Å². The highest BCUT2D eigenvalue weighted by atomic mass is 16.2. The molecule has 10 heteroatoms. The van der Waals surface area contributed by atoms with E-state index in [4.69, 9.17) is 5.73 Å². The second-order valence-electron chi connectivity index (χ2n) is 9.87. The van der Waals surface area contributed by atoms with Crippen LogP contribution in [0.3, 0.4) is 0 Å². The Bertz CT molecular complexity index is 892. The van der Waals surface area contributed by atoms with Crippen LogP contribution in [0.2, 0.25) is 0 Å². The van der Waals surface area contributed by atoms with E-state index in [1.54, 1.807) is 34.8 Å². The number of piperidine rings is 2. The first-order chi connectivity index (χ1) is 16.2. The molecular weight excluding hydrogens is 436 g/mol. The Labute approximate surface area is 201 Å². The molecule has 3 atom stereocenters. The number of carbonyl (C=O) groups is 4. The monoisotopic (exact) mass is 474 g/mol. The van der Waals surface area contributed by atoms with Gasteiger partial charge in [-0.1, -0.05) is 13.8 Å². The Kier molecular flexibility index (Phi) is 8.71. The van der Waals surface area contributed by atoms with E-state index in [-0.39, 0.29) is 36.1 Å². The fourth-order valence-electron chi connectivity index (χ4n) is 4.81. The van der Waals surface area contributed by atoms with E-state index in [1.807, 2.05) is 13.8 Å². The molecule has 0 radical (unpaired) electrons. The second-order valence-corrected chi connectivity index (χ2v) is 9.87. The second kappa shape index (κ2) is 11.5. The van der Waals surface area contributed by atoms with E-state index in [0.29, 0.717) is 25.1 Å². The summed E-state index contributed by atoms with van der Waals surface area (Å²) in [5, 5.41) is 9.13. The van der Waals surface area contributed by atoms with Gasteiger partial charge in [0.05, 0.1) is 0 Å². The van der Waals surface area contributed by atoms with Crippen molar-refractivity contribution in [3.8, 4) is 0 Å². The highest BCUT2D eigenvalue weighted by Crippen LogP contribution is 2.23. The van der Waals surface area contributed by atoms with Crippen molar-refractivity contribution >= 4 is 23.6 Å². The van der Waals surface area contributed by atoms with Gasteiger partial charge in [0.1, 0.15) is 17.8 Å². The Morgan fingerprint density at radius 2 is 1.85 bits per heavy atom. The summed E-state index contributed by atoms with van der Waals surface area (Å²) >= 11 is 0. The van der Waals surface area contributed by atoms with Crippen molar-refractivity contribution in [3.05, 3.63) is 24.0 Å². The number of rotatable bonds is 8. The van der Waals surface area contributed by atoms with Crippen molar-refractivity contribution in [1.29, 1.82) is 0 Å². The number of amides is 4. The quantitative estimate of drug-likeness (QED) is 0.424. The van der Waals surface area contributed by atoms with E-state index in [9.17, 15) is 19.2 Å². The normalized spacial score (nSPS) is 22.3. The van der Waals surface area contributed by atoms with Crippen LogP contribution >= 0.6 is 0 Å². The van der Waals surface area contributed by atoms with Crippen molar-refractivity contribution in [3.63, 3.8) is 0 Å². The van der Waals surface area contributed by atoms with E-state index >= 15 is 0 Å². The molecule has 2 aliphatic heterocycles. The van der Waals surface area contributed by atoms with Gasteiger partial charge >= 0.3 is 0 Å². The third-order valence-electron chi connectivity index (χ3n) is 6.75. The third kappa shape index (κ3) is 6.37. The van der Waals surface area contributed by atoms with Crippen LogP contribution in [0.5, 0.6) is 0 Å². The Hall–Kier alpha value is -2.88. The summed E-state index contributed by atoms with van der Waals surface area (Å²) in [6.07, 6.45) is 4.61. The van der Waals surface area contributed by atoms with E-state index < -0.39 is 23.9 Å². The van der Waals surface area contributed by atoms with E-state index in [2.05, 4.69) is 16.0 Å². The van der Waals surface area contributed by atoms with Gasteiger partial charge in [-0.2, -0.15) is 0 Å². The zero-order valence-electron chi connectivity index (χ0n) is 20.4. The predicted octanol–water partition coefficient (Wildman–Crippen LogP) is 0.130. The van der Waals surface area contributed by atoms with Crippen molar-refractivity contribution in [2.75, 3.05) is 19.6 Å². The molecule has 2 aliphatic rings. The van der Waals surface area contributed by atoms with Gasteiger partial charge in [-0.15, -0.1) is 0 Å². The molecule has 0 spiro atoms. The summed E-state index contributed by atoms with van der Waals surface area (Å²) in [6.45, 7) is 5.85. The zero-order valence-corrected chi connectivity index (χ0v) is 20.4. The number of primary amides is 1. The van der Waals surface area contributed by atoms with Crippen molar-refractivity contribution in [1.82, 2.24) is 25.4 Å². The van der Waals surface area contributed by atoms with Gasteiger partial charge in [-0.3, -0.25) is 19.2 Å². The smallest absolute Gasteiger partial charge is 0.271 e. The van der Waals surface area contributed by atoms with Gasteiger partial charge in [0.25, 0.3) is 5.91 Å². The van der Waals surface area contributed by atoms with Crippen LogP contribution in [0.1, 0.15) is 56.4 Å². The number of aromatic nitrogens is 1. The highest BCUT2D eigenvalue weighted by molar-refractivity contribution is 5.97. The summed E-state index contributed by atoms with van der Waals surface area (Å²) < 4.78 is 1.72. The van der Waals surface area contributed by atoms with Crippen LogP contribution in [0, 0.1) is 11.8 Å². The summed E-state index contributed by atoms with van der Waals surface area (Å²) in [5.41, 5.74) is 6.01. The van der Waals surface area contributed by atoms with Crippen molar-refractivity contribution < 1.29 is 19.2 Å². The molecular formula is C24H38N6O4. The maximum absolute atomic E-state index is 13.4. The maximum Gasteiger partial charge on any atom is 0.271 e. The van der Waals surface area contributed by atoms with Crippen molar-refractivity contribution in [2.45, 2.75) is 64.1 Å². The molecule has 188 valence electrons. The van der Waals surface area contributed by atoms with Gasteiger partial charge in [-0.25, -0.2) is 0 Å². The number of likely N-dealkylation sites (tertiary alicyclic amines) is 1. The number of carbonyl (C=O) groups excluding carboxylic acids is 4. The largest absolute Gasteiger partial charge is 0.368 e. The highest BCUT2D eigenvalue weighted by Gasteiger charge is 2.39. The molecule has 34 heavy (non-hydrogen) atoms. The van der Waals surface area contributed by atoms with Crippen LogP contribution in [0.15, 0.2) is 18.3 Å². The summed E-state index contributed by atoms with van der Waals surface area (Å²) in [7, 11) is 1.78. The number of nitrogens with zero attached hydrogens (tertiary/aromatic N) is 2. The molecule has 0 bridgehead atoms. The van der Waals surface area contributed by atoms with Gasteiger partial charge in [0.2, 0.25) is 17.7 Å². The van der Waals surface area contributed by atoms with Crippen LogP contribution in [0.4, 0.5) is 0 Å². The van der Waals surface area contributed by atoms with Gasteiger partial charge in [0.15, 0.2) is 0 Å². The molecule has 0 aliphatic carbocycles. The SMILES string of the molecule is CC(C)C[C@@H](NC(=O)[C@@H]1C[C@@H](NC(=O)C2CCNCC2)CCN1C(=O)c1cccn1C)C(N)=O. The van der Waals surface area contributed by atoms with Crippen LogP contribution < -0.4 is 21.7 Å². The van der Waals surface area contributed by atoms with Gasteiger partial charge < -0.3 is 31.2 Å². The molecule has 3 heterocycles. The number of hydrogen-bond donors (Lipinski definition) is 4. The molecule has 10 nitrogen and oxygen atoms in total. The number of aryl methyl sites for hydroxylation is 1. The lowest BCUT2D eigenvalue weighted by Crippen LogP contribution is -2.60. The molecule has 1 aromatic heterocycles. The Morgan fingerprint density at radius 3 is 2.44 bits per heavy atom. The lowest BCUT2D eigenvalue weighted by molar-refractivity contribution is -0.132. The Balaban J connectivity index is 1.76. The molecule has 0 aromatic carbocycles. The minimum absolute atomic E-state index is 0.00249. The summed E-state index contributed by atoms with van der Waals surface area (Å²) in [4.78, 5) is 53.0. The molecule has 5 N–H and O–H groups in total. The summed E-state index contributed by atoms with van der Waals surface area (Å²) in [6, 6.07) is 1.63. The third-order valence-corrected chi connectivity index (χ3v) is 6.75. The number of nitrogens with two attached hydrogens (primary N) is 1. The zero-order chi connectivity index (χ0) is 24.8. The molecule has 2 fully saturated rings. The van der Waals surface area contributed by atoms with Crippen LogP contribution in [-0.4, -0.2) is 70.9 Å². The lowest BCUT2D eigenvalue weighted by Gasteiger charge is -2.39. The molecule has 0 unspecified atom stereocenters. The Morgan fingerprint density at radius 1 is 1.15 bits per heavy atom. The first kappa shape index (κ1) is 25.7. The fraction of sp³-hybridized carbons (Fsp3) is 0.667. The predicted molar refractivity (Wildman–Crippen MR) is 128 cm³/mol. The standard InChI is InChI=1S/C24H38N6O4/c1-15(2)13-18(21(25)31)28-23(33)20-14-17(27-22(32)16-6-9-26-10-7-16)8-12-30(20)24(34)19-5-4-11-29(19)3/h4-5,11,15-18,20,26H,6-10,12-14H2,1-3H3,(H2,25,31)(H,27,32)(H,28,33)/t17-,18+,20-/m0/s1. The number of nitrogens with one attached hydrogen (secondary N) is 3. The van der Waals surface area contributed by atoms with Crippen LogP contribution in [0.25, 0.3) is 0 Å². The average Bonchev–Trinajstić information content (AvgIpc) is 3.24. The van der Waals surface area contributed by atoms with Gasteiger partial charge in [0, 0.05) is 31.7 Å². The molecule has 3 rings (SSSR count). The van der Waals surface area contributed by atoms with E-state index in [0.717, 1.165) is 25.9 Å². The molecule has 0 saturated carbocycles. The van der Waals surface area contributed by atoms with Crippen LogP contribution in [-0.2, 0) is 21.4 Å². The average molecular weight is 475 g/mol. The fourth-order valence-corrected chi connectivity index (χ4v) is 4.81. The first-order valence-corrected chi connectivity index (χ1v) is 12.2. The van der Waals surface area contributed by atoms with Gasteiger partial charge in [-0.05, 0) is 63.2 Å². The molecule has 4 amide bonds. The minimum Gasteiger partial charge on any atom is -0.368 e. The summed E-state index contributed by atoms with van der Waals surface area (Å²) in [5.74, 6) is -1.16. The maximum atomic E-state index is 13.4. The molecule has 2 saturated heterocycles.